The van der Waals surface area contributed by atoms with E-state index in [1.54, 1.807) is 7.05 Å². The smallest absolute Gasteiger partial charge is 0.227 e. The maximum Gasteiger partial charge on any atom is 0.227 e. The van der Waals surface area contributed by atoms with Gasteiger partial charge in [0.2, 0.25) is 11.8 Å². The Bertz CT molecular complexity index is 399. The molecule has 2 aliphatic rings. The zero-order valence-corrected chi connectivity index (χ0v) is 12.8. The first-order valence-electron chi connectivity index (χ1n) is 7.64. The number of rotatable bonds is 2. The van der Waals surface area contributed by atoms with Crippen molar-refractivity contribution in [2.75, 3.05) is 20.1 Å². The minimum atomic E-state index is -0.432. The summed E-state index contributed by atoms with van der Waals surface area (Å²) < 4.78 is 0. The fourth-order valence-corrected chi connectivity index (χ4v) is 3.68. The molecule has 2 amide bonds. The summed E-state index contributed by atoms with van der Waals surface area (Å²) >= 11 is 0. The fraction of sp³-hybridized carbons (Fsp3) is 0.867. The van der Waals surface area contributed by atoms with Crippen molar-refractivity contribution in [3.63, 3.8) is 0 Å². The highest BCUT2D eigenvalue weighted by Crippen LogP contribution is 2.35. The van der Waals surface area contributed by atoms with Crippen LogP contribution < -0.4 is 11.1 Å². The molecule has 1 saturated carbocycles. The molecule has 0 bridgehead atoms. The normalized spacial score (nSPS) is 37.8. The predicted molar refractivity (Wildman–Crippen MR) is 77.9 cm³/mol. The molecule has 0 aromatic carbocycles. The van der Waals surface area contributed by atoms with E-state index in [9.17, 15) is 9.59 Å². The average molecular weight is 281 g/mol. The molecule has 3 N–H and O–H groups in total. The minimum Gasteiger partial charge on any atom is -0.359 e. The molecule has 114 valence electrons. The van der Waals surface area contributed by atoms with Crippen molar-refractivity contribution in [2.45, 2.75) is 45.6 Å². The Kier molecular flexibility index (Phi) is 4.37. The number of nitrogens with one attached hydrogen (secondary N) is 1. The number of carbonyl (C=O) groups excluding carboxylic acids is 2. The van der Waals surface area contributed by atoms with Crippen molar-refractivity contribution >= 4 is 11.8 Å². The molecule has 1 aliphatic carbocycles. The average Bonchev–Trinajstić information content (AvgIpc) is 2.81. The first-order chi connectivity index (χ1) is 9.37. The van der Waals surface area contributed by atoms with Gasteiger partial charge in [0, 0.05) is 32.1 Å². The maximum atomic E-state index is 12.7. The van der Waals surface area contributed by atoms with Gasteiger partial charge < -0.3 is 16.0 Å². The summed E-state index contributed by atoms with van der Waals surface area (Å²) in [7, 11) is 1.66. The summed E-state index contributed by atoms with van der Waals surface area (Å²) in [6.07, 6.45) is 3.49. The van der Waals surface area contributed by atoms with Crippen molar-refractivity contribution in [1.82, 2.24) is 10.2 Å². The number of amides is 2. The van der Waals surface area contributed by atoms with Gasteiger partial charge in [0.25, 0.3) is 0 Å². The van der Waals surface area contributed by atoms with Crippen molar-refractivity contribution in [3.05, 3.63) is 0 Å². The Labute approximate surface area is 121 Å². The summed E-state index contributed by atoms with van der Waals surface area (Å²) in [6.45, 7) is 5.30. The second-order valence-corrected chi connectivity index (χ2v) is 6.81. The van der Waals surface area contributed by atoms with Gasteiger partial charge in [-0.3, -0.25) is 9.59 Å². The minimum absolute atomic E-state index is 0.0338. The lowest BCUT2D eigenvalue weighted by molar-refractivity contribution is -0.138. The van der Waals surface area contributed by atoms with E-state index >= 15 is 0 Å². The fourth-order valence-electron chi connectivity index (χ4n) is 3.68. The Morgan fingerprint density at radius 3 is 2.65 bits per heavy atom. The quantitative estimate of drug-likeness (QED) is 0.783. The van der Waals surface area contributed by atoms with Gasteiger partial charge in [-0.15, -0.1) is 0 Å². The molecule has 1 heterocycles. The lowest BCUT2D eigenvalue weighted by Gasteiger charge is -2.34. The number of hydrogen-bond donors (Lipinski definition) is 2. The molecule has 0 aromatic rings. The second-order valence-electron chi connectivity index (χ2n) is 6.81. The Morgan fingerprint density at radius 1 is 1.35 bits per heavy atom. The van der Waals surface area contributed by atoms with Crippen LogP contribution >= 0.6 is 0 Å². The standard InChI is InChI=1S/C15H27N3O2/c1-10-8-11(16)4-5-12(10)13(19)18-7-6-15(2,9-18)14(20)17-3/h10-12H,4-9,16H2,1-3H3,(H,17,20). The Morgan fingerprint density at radius 2 is 2.05 bits per heavy atom. The van der Waals surface area contributed by atoms with Gasteiger partial charge in [-0.05, 0) is 38.5 Å². The first kappa shape index (κ1) is 15.3. The van der Waals surface area contributed by atoms with Crippen LogP contribution in [0.1, 0.15) is 39.5 Å². The van der Waals surface area contributed by atoms with Crippen LogP contribution in [-0.4, -0.2) is 42.9 Å². The lowest BCUT2D eigenvalue weighted by Crippen LogP contribution is -2.44. The number of hydrogen-bond acceptors (Lipinski definition) is 3. The third-order valence-electron chi connectivity index (χ3n) is 5.09. The van der Waals surface area contributed by atoms with Crippen molar-refractivity contribution < 1.29 is 9.59 Å². The molecule has 0 spiro atoms. The molecule has 1 aliphatic heterocycles. The SMILES string of the molecule is CNC(=O)C1(C)CCN(C(=O)C2CCC(N)CC2C)C1. The topological polar surface area (TPSA) is 75.4 Å². The molecule has 0 radical (unpaired) electrons. The molecule has 4 atom stereocenters. The summed E-state index contributed by atoms with van der Waals surface area (Å²) in [5, 5.41) is 2.71. The highest BCUT2D eigenvalue weighted by molar-refractivity contribution is 5.85. The summed E-state index contributed by atoms with van der Waals surface area (Å²) in [5.41, 5.74) is 5.53. The zero-order valence-electron chi connectivity index (χ0n) is 12.8. The van der Waals surface area contributed by atoms with Crippen molar-refractivity contribution in [3.8, 4) is 0 Å². The highest BCUT2D eigenvalue weighted by atomic mass is 16.2. The van der Waals surface area contributed by atoms with Gasteiger partial charge >= 0.3 is 0 Å². The summed E-state index contributed by atoms with van der Waals surface area (Å²) in [5.74, 6) is 0.684. The monoisotopic (exact) mass is 281 g/mol. The molecule has 5 heteroatoms. The van der Waals surface area contributed by atoms with Gasteiger partial charge in [0.15, 0.2) is 0 Å². The van der Waals surface area contributed by atoms with Crippen LogP contribution in [-0.2, 0) is 9.59 Å². The van der Waals surface area contributed by atoms with Crippen molar-refractivity contribution in [2.24, 2.45) is 23.0 Å². The molecule has 1 saturated heterocycles. The van der Waals surface area contributed by atoms with E-state index in [1.165, 1.54) is 0 Å². The van der Waals surface area contributed by atoms with Crippen LogP contribution in [0.5, 0.6) is 0 Å². The summed E-state index contributed by atoms with van der Waals surface area (Å²) in [4.78, 5) is 26.5. The van der Waals surface area contributed by atoms with Crippen molar-refractivity contribution in [1.29, 1.82) is 0 Å². The highest BCUT2D eigenvalue weighted by Gasteiger charge is 2.44. The molecule has 2 fully saturated rings. The number of nitrogens with two attached hydrogens (primary N) is 1. The van der Waals surface area contributed by atoms with Gasteiger partial charge in [0.1, 0.15) is 0 Å². The maximum absolute atomic E-state index is 12.7. The van der Waals surface area contributed by atoms with E-state index in [2.05, 4.69) is 12.2 Å². The third-order valence-corrected chi connectivity index (χ3v) is 5.09. The Balaban J connectivity index is 1.99. The zero-order chi connectivity index (χ0) is 14.9. The van der Waals surface area contributed by atoms with Crippen LogP contribution in [0.25, 0.3) is 0 Å². The van der Waals surface area contributed by atoms with Crippen LogP contribution in [0.3, 0.4) is 0 Å². The van der Waals surface area contributed by atoms with Crippen LogP contribution in [0, 0.1) is 17.3 Å². The molecule has 5 nitrogen and oxygen atoms in total. The van der Waals surface area contributed by atoms with E-state index in [0.29, 0.717) is 19.0 Å². The predicted octanol–water partition coefficient (Wildman–Crippen LogP) is 0.735. The lowest BCUT2D eigenvalue weighted by atomic mass is 9.77. The first-order valence-corrected chi connectivity index (χ1v) is 7.64. The Hall–Kier alpha value is -1.10. The molecule has 2 rings (SSSR count). The number of likely N-dealkylation sites (tertiary alicyclic amines) is 1. The largest absolute Gasteiger partial charge is 0.359 e. The van der Waals surface area contributed by atoms with Gasteiger partial charge in [-0.25, -0.2) is 0 Å². The summed E-state index contributed by atoms with van der Waals surface area (Å²) in [6, 6.07) is 0.240. The number of carbonyl (C=O) groups is 2. The second kappa shape index (κ2) is 5.72. The van der Waals surface area contributed by atoms with E-state index < -0.39 is 5.41 Å². The molecular formula is C15H27N3O2. The molecule has 20 heavy (non-hydrogen) atoms. The molecule has 0 aromatic heterocycles. The number of nitrogens with zero attached hydrogens (tertiary/aromatic N) is 1. The molecule has 4 unspecified atom stereocenters. The van der Waals surface area contributed by atoms with E-state index in [1.807, 2.05) is 11.8 Å². The van der Waals surface area contributed by atoms with E-state index in [0.717, 1.165) is 25.7 Å². The van der Waals surface area contributed by atoms with E-state index in [4.69, 9.17) is 5.73 Å². The van der Waals surface area contributed by atoms with Crippen LogP contribution in [0.2, 0.25) is 0 Å². The van der Waals surface area contributed by atoms with Crippen LogP contribution in [0.4, 0.5) is 0 Å². The van der Waals surface area contributed by atoms with Gasteiger partial charge in [0.05, 0.1) is 5.41 Å². The molecular weight excluding hydrogens is 254 g/mol. The van der Waals surface area contributed by atoms with E-state index in [-0.39, 0.29) is 23.8 Å². The van der Waals surface area contributed by atoms with Crippen LogP contribution in [0.15, 0.2) is 0 Å². The van der Waals surface area contributed by atoms with Gasteiger partial charge in [-0.2, -0.15) is 0 Å². The van der Waals surface area contributed by atoms with Gasteiger partial charge in [-0.1, -0.05) is 6.92 Å². The third kappa shape index (κ3) is 2.82.